The average molecular weight is 348 g/mol. The number of carbonyl (C=O) groups is 1. The van der Waals surface area contributed by atoms with Crippen molar-refractivity contribution in [3.63, 3.8) is 0 Å². The summed E-state index contributed by atoms with van der Waals surface area (Å²) in [5.41, 5.74) is 0.729. The van der Waals surface area contributed by atoms with Crippen LogP contribution in [-0.4, -0.2) is 26.3 Å². The van der Waals surface area contributed by atoms with Gasteiger partial charge in [0.2, 0.25) is 15.9 Å². The minimum atomic E-state index is -3.76. The van der Waals surface area contributed by atoms with Crippen LogP contribution >= 0.6 is 0 Å². The third-order valence-electron chi connectivity index (χ3n) is 4.61. The molecular weight excluding hydrogens is 328 g/mol. The topological polar surface area (TPSA) is 93.6 Å². The predicted octanol–water partition coefficient (Wildman–Crippen LogP) is 2.25. The molecule has 3 atom stereocenters. The summed E-state index contributed by atoms with van der Waals surface area (Å²) in [6, 6.07) is 9.84. The molecule has 1 heterocycles. The monoisotopic (exact) mass is 348 g/mol. The number of benzene rings is 1. The van der Waals surface area contributed by atoms with Gasteiger partial charge in [-0.05, 0) is 43.2 Å². The maximum atomic E-state index is 12.6. The first-order valence-electron chi connectivity index (χ1n) is 7.72. The van der Waals surface area contributed by atoms with Crippen LogP contribution in [-0.2, 0) is 14.8 Å². The van der Waals surface area contributed by atoms with Gasteiger partial charge in [0.25, 0.3) is 0 Å². The summed E-state index contributed by atoms with van der Waals surface area (Å²) in [7, 11) is -2.03. The second-order valence-corrected chi connectivity index (χ2v) is 7.77. The fourth-order valence-electron chi connectivity index (χ4n) is 2.91. The molecule has 1 saturated carbocycles. The number of nitrogens with zero attached hydrogens (tertiary/aromatic N) is 1. The third kappa shape index (κ3) is 3.22. The van der Waals surface area contributed by atoms with Gasteiger partial charge in [-0.2, -0.15) is 0 Å². The predicted molar refractivity (Wildman–Crippen MR) is 88.6 cm³/mol. The number of sulfonamides is 1. The zero-order chi connectivity index (χ0) is 17.5. The van der Waals surface area contributed by atoms with Crippen LogP contribution in [0, 0.1) is 5.92 Å². The summed E-state index contributed by atoms with van der Waals surface area (Å²) in [5, 5.41) is 5.17. The molecule has 7 heteroatoms. The molecule has 2 aromatic rings. The average Bonchev–Trinajstić information content (AvgIpc) is 3.17. The van der Waals surface area contributed by atoms with Gasteiger partial charge >= 0.3 is 0 Å². The molecule has 1 aromatic carbocycles. The Morgan fingerprint density at radius 2 is 2.08 bits per heavy atom. The van der Waals surface area contributed by atoms with Gasteiger partial charge in [0.05, 0.1) is 17.2 Å². The molecule has 0 saturated heterocycles. The summed E-state index contributed by atoms with van der Waals surface area (Å²) in [5.74, 6) is 0.929. The molecule has 1 amide bonds. The lowest BCUT2D eigenvalue weighted by Crippen LogP contribution is -2.31. The Morgan fingerprint density at radius 1 is 1.33 bits per heavy atom. The number of hydrogen-bond acceptors (Lipinski definition) is 4. The zero-order valence-electron chi connectivity index (χ0n) is 13.5. The smallest absolute Gasteiger partial charge is 0.238 e. The summed E-state index contributed by atoms with van der Waals surface area (Å²) >= 11 is 0. The Kier molecular flexibility index (Phi) is 4.23. The highest BCUT2D eigenvalue weighted by atomic mass is 32.2. The van der Waals surface area contributed by atoms with Gasteiger partial charge in [-0.15, -0.1) is 0 Å². The first kappa shape index (κ1) is 16.7. The van der Waals surface area contributed by atoms with Crippen molar-refractivity contribution in [2.75, 3.05) is 7.05 Å². The summed E-state index contributed by atoms with van der Waals surface area (Å²) in [6.07, 6.45) is 2.39. The Labute approximate surface area is 141 Å². The molecular formula is C17H20N2O4S. The van der Waals surface area contributed by atoms with Crippen LogP contribution in [0.5, 0.6) is 0 Å². The molecule has 2 N–H and O–H groups in total. The Balaban J connectivity index is 1.73. The summed E-state index contributed by atoms with van der Waals surface area (Å²) in [4.78, 5) is 14.3. The summed E-state index contributed by atoms with van der Waals surface area (Å²) in [6.45, 7) is 1.87. The minimum absolute atomic E-state index is 0.0323. The van der Waals surface area contributed by atoms with E-state index < -0.39 is 10.0 Å². The molecule has 0 aliphatic heterocycles. The van der Waals surface area contributed by atoms with Crippen LogP contribution in [0.4, 0.5) is 0 Å². The lowest BCUT2D eigenvalue weighted by molar-refractivity contribution is -0.133. The van der Waals surface area contributed by atoms with Crippen LogP contribution in [0.25, 0.3) is 0 Å². The SMILES string of the molecule is C[C@H](c1cccc(S(N)(=O)=O)c1)N(C)C(=O)[C@H]1C[C@H]1c1ccco1. The Bertz CT molecular complexity index is 845. The van der Waals surface area contributed by atoms with Gasteiger partial charge in [-0.3, -0.25) is 4.79 Å². The van der Waals surface area contributed by atoms with Crippen LogP contribution in [0.15, 0.2) is 52.0 Å². The van der Waals surface area contributed by atoms with E-state index in [4.69, 9.17) is 9.56 Å². The molecule has 1 aliphatic carbocycles. The Morgan fingerprint density at radius 3 is 2.71 bits per heavy atom. The molecule has 1 aromatic heterocycles. The van der Waals surface area contributed by atoms with Gasteiger partial charge in [0.15, 0.2) is 0 Å². The van der Waals surface area contributed by atoms with Crippen molar-refractivity contribution in [3.8, 4) is 0 Å². The normalized spacial score (nSPS) is 21.3. The van der Waals surface area contributed by atoms with E-state index in [1.165, 1.54) is 12.1 Å². The molecule has 6 nitrogen and oxygen atoms in total. The first-order valence-corrected chi connectivity index (χ1v) is 9.26. The van der Waals surface area contributed by atoms with Crippen LogP contribution in [0.3, 0.4) is 0 Å². The first-order chi connectivity index (χ1) is 11.3. The molecule has 24 heavy (non-hydrogen) atoms. The highest BCUT2D eigenvalue weighted by Crippen LogP contribution is 2.49. The molecule has 3 rings (SSSR count). The number of hydrogen-bond donors (Lipinski definition) is 1. The number of rotatable bonds is 5. The van der Waals surface area contributed by atoms with Gasteiger partial charge in [0.1, 0.15) is 5.76 Å². The second kappa shape index (κ2) is 6.07. The minimum Gasteiger partial charge on any atom is -0.469 e. The van der Waals surface area contributed by atoms with Crippen LogP contribution < -0.4 is 5.14 Å². The lowest BCUT2D eigenvalue weighted by Gasteiger charge is -2.26. The fraction of sp³-hybridized carbons (Fsp3) is 0.353. The van der Waals surface area contributed by atoms with Crippen molar-refractivity contribution in [1.82, 2.24) is 4.90 Å². The van der Waals surface area contributed by atoms with Crippen molar-refractivity contribution in [3.05, 3.63) is 54.0 Å². The second-order valence-electron chi connectivity index (χ2n) is 6.21. The number of amides is 1. The highest BCUT2D eigenvalue weighted by Gasteiger charge is 2.47. The largest absolute Gasteiger partial charge is 0.469 e. The summed E-state index contributed by atoms with van der Waals surface area (Å²) < 4.78 is 28.3. The van der Waals surface area contributed by atoms with Crippen molar-refractivity contribution in [2.45, 2.75) is 30.2 Å². The number of carbonyl (C=O) groups excluding carboxylic acids is 1. The van der Waals surface area contributed by atoms with E-state index in [1.54, 1.807) is 30.3 Å². The molecule has 0 radical (unpaired) electrons. The van der Waals surface area contributed by atoms with Gasteiger partial charge < -0.3 is 9.32 Å². The standard InChI is InChI=1S/C17H20N2O4S/c1-11(12-5-3-6-13(9-12)24(18,21)22)19(2)17(20)15-10-14(15)16-7-4-8-23-16/h3-9,11,14-15H,10H2,1-2H3,(H2,18,21,22)/t11-,14-,15+/m1/s1. The van der Waals surface area contributed by atoms with E-state index >= 15 is 0 Å². The number of furan rings is 1. The van der Waals surface area contributed by atoms with Crippen LogP contribution in [0.2, 0.25) is 0 Å². The van der Waals surface area contributed by atoms with E-state index in [1.807, 2.05) is 19.1 Å². The van der Waals surface area contributed by atoms with Gasteiger partial charge in [-0.1, -0.05) is 12.1 Å². The number of primary sulfonamides is 1. The van der Waals surface area contributed by atoms with Crippen molar-refractivity contribution in [2.24, 2.45) is 11.1 Å². The van der Waals surface area contributed by atoms with Crippen molar-refractivity contribution >= 4 is 15.9 Å². The van der Waals surface area contributed by atoms with E-state index in [0.717, 1.165) is 17.7 Å². The molecule has 0 bridgehead atoms. The fourth-order valence-corrected chi connectivity index (χ4v) is 3.48. The molecule has 1 fully saturated rings. The quantitative estimate of drug-likeness (QED) is 0.897. The van der Waals surface area contributed by atoms with Crippen molar-refractivity contribution in [1.29, 1.82) is 0 Å². The Hall–Kier alpha value is -2.12. The maximum absolute atomic E-state index is 12.6. The lowest BCUT2D eigenvalue weighted by atomic mass is 10.1. The molecule has 1 aliphatic rings. The number of nitrogens with two attached hydrogens (primary N) is 1. The molecule has 0 spiro atoms. The van der Waals surface area contributed by atoms with E-state index in [9.17, 15) is 13.2 Å². The molecule has 0 unspecified atom stereocenters. The van der Waals surface area contributed by atoms with Crippen LogP contribution in [0.1, 0.15) is 36.6 Å². The van der Waals surface area contributed by atoms with Crippen molar-refractivity contribution < 1.29 is 17.6 Å². The van der Waals surface area contributed by atoms with E-state index in [0.29, 0.717) is 0 Å². The highest BCUT2D eigenvalue weighted by molar-refractivity contribution is 7.89. The molecule has 128 valence electrons. The van der Waals surface area contributed by atoms with Gasteiger partial charge in [-0.25, -0.2) is 13.6 Å². The van der Waals surface area contributed by atoms with E-state index in [-0.39, 0.29) is 28.7 Å². The van der Waals surface area contributed by atoms with E-state index in [2.05, 4.69) is 0 Å². The zero-order valence-corrected chi connectivity index (χ0v) is 14.4. The van der Waals surface area contributed by atoms with Gasteiger partial charge in [0, 0.05) is 18.9 Å². The third-order valence-corrected chi connectivity index (χ3v) is 5.52. The maximum Gasteiger partial charge on any atom is 0.238 e.